The first-order valence-electron chi connectivity index (χ1n) is 10.3. The number of carbonyl (C=O) groups excluding carboxylic acids is 2. The molecule has 3 heterocycles. The SMILES string of the molecule is COc1ccc(C(=O)N2CCN(C(=O)c3cnn(C)c3-n3c(C)ccc3C)CC2)cc1. The minimum atomic E-state index is -0.0628. The molecular weight excluding hydrogens is 394 g/mol. The number of aromatic nitrogens is 3. The summed E-state index contributed by atoms with van der Waals surface area (Å²) in [6.45, 7) is 5.98. The predicted octanol–water partition coefficient (Wildman–Crippen LogP) is 2.43. The first-order chi connectivity index (χ1) is 14.9. The minimum absolute atomic E-state index is 0.0320. The highest BCUT2D eigenvalue weighted by Crippen LogP contribution is 2.22. The summed E-state index contributed by atoms with van der Waals surface area (Å²) in [5, 5.41) is 4.34. The van der Waals surface area contributed by atoms with Crippen LogP contribution in [0.3, 0.4) is 0 Å². The van der Waals surface area contributed by atoms with E-state index in [1.807, 2.05) is 37.6 Å². The van der Waals surface area contributed by atoms with E-state index in [0.29, 0.717) is 43.1 Å². The summed E-state index contributed by atoms with van der Waals surface area (Å²) in [4.78, 5) is 29.7. The summed E-state index contributed by atoms with van der Waals surface area (Å²) >= 11 is 0. The van der Waals surface area contributed by atoms with Gasteiger partial charge in [-0.3, -0.25) is 14.3 Å². The molecule has 0 unspecified atom stereocenters. The van der Waals surface area contributed by atoms with E-state index in [-0.39, 0.29) is 11.8 Å². The third-order valence-electron chi connectivity index (χ3n) is 5.81. The second-order valence-electron chi connectivity index (χ2n) is 7.77. The molecule has 8 nitrogen and oxygen atoms in total. The van der Waals surface area contributed by atoms with Gasteiger partial charge in [0.15, 0.2) is 0 Å². The molecule has 1 fully saturated rings. The maximum atomic E-state index is 13.3. The van der Waals surface area contributed by atoms with E-state index < -0.39 is 0 Å². The molecule has 31 heavy (non-hydrogen) atoms. The lowest BCUT2D eigenvalue weighted by Crippen LogP contribution is -2.50. The molecule has 1 aliphatic rings. The van der Waals surface area contributed by atoms with Crippen LogP contribution in [0.2, 0.25) is 0 Å². The molecule has 0 spiro atoms. The van der Waals surface area contributed by atoms with E-state index in [0.717, 1.165) is 17.2 Å². The molecular formula is C23H27N5O3. The average molecular weight is 422 g/mol. The van der Waals surface area contributed by atoms with Crippen LogP contribution in [0, 0.1) is 13.8 Å². The van der Waals surface area contributed by atoms with E-state index in [1.54, 1.807) is 52.1 Å². The molecule has 8 heteroatoms. The molecule has 0 aliphatic carbocycles. The summed E-state index contributed by atoms with van der Waals surface area (Å²) in [5.41, 5.74) is 3.28. The molecule has 0 atom stereocenters. The summed E-state index contributed by atoms with van der Waals surface area (Å²) in [6, 6.07) is 11.1. The molecule has 3 aromatic rings. The number of methoxy groups -OCH3 is 1. The van der Waals surface area contributed by atoms with Crippen molar-refractivity contribution in [1.29, 1.82) is 0 Å². The lowest BCUT2D eigenvalue weighted by molar-refractivity contribution is 0.0535. The van der Waals surface area contributed by atoms with Crippen LogP contribution in [0.1, 0.15) is 32.1 Å². The molecule has 2 aromatic heterocycles. The number of benzene rings is 1. The molecule has 1 saturated heterocycles. The van der Waals surface area contributed by atoms with Crippen molar-refractivity contribution in [2.45, 2.75) is 13.8 Å². The van der Waals surface area contributed by atoms with Gasteiger partial charge in [-0.15, -0.1) is 0 Å². The maximum Gasteiger partial charge on any atom is 0.259 e. The van der Waals surface area contributed by atoms with Gasteiger partial charge in [0.05, 0.1) is 13.3 Å². The van der Waals surface area contributed by atoms with Crippen LogP contribution in [-0.4, -0.2) is 69.3 Å². The van der Waals surface area contributed by atoms with Crippen LogP contribution >= 0.6 is 0 Å². The summed E-state index contributed by atoms with van der Waals surface area (Å²) in [5.74, 6) is 1.39. The highest BCUT2D eigenvalue weighted by molar-refractivity contribution is 5.98. The Morgan fingerprint density at radius 3 is 1.97 bits per heavy atom. The summed E-state index contributed by atoms with van der Waals surface area (Å²) < 4.78 is 8.93. The minimum Gasteiger partial charge on any atom is -0.497 e. The Morgan fingerprint density at radius 2 is 1.42 bits per heavy atom. The van der Waals surface area contributed by atoms with Gasteiger partial charge in [0, 0.05) is 50.2 Å². The molecule has 2 amide bonds. The van der Waals surface area contributed by atoms with Crippen LogP contribution in [0.25, 0.3) is 5.82 Å². The van der Waals surface area contributed by atoms with Crippen molar-refractivity contribution in [2.75, 3.05) is 33.3 Å². The van der Waals surface area contributed by atoms with Crippen molar-refractivity contribution in [2.24, 2.45) is 7.05 Å². The number of hydrogen-bond donors (Lipinski definition) is 0. The smallest absolute Gasteiger partial charge is 0.259 e. The second kappa shape index (κ2) is 8.29. The lowest BCUT2D eigenvalue weighted by Gasteiger charge is -2.35. The van der Waals surface area contributed by atoms with E-state index in [1.165, 1.54) is 0 Å². The fourth-order valence-electron chi connectivity index (χ4n) is 4.05. The molecule has 1 aliphatic heterocycles. The van der Waals surface area contributed by atoms with Gasteiger partial charge < -0.3 is 19.1 Å². The number of carbonyl (C=O) groups is 2. The van der Waals surface area contributed by atoms with E-state index in [4.69, 9.17) is 4.74 Å². The average Bonchev–Trinajstić information content (AvgIpc) is 3.33. The highest BCUT2D eigenvalue weighted by atomic mass is 16.5. The third-order valence-corrected chi connectivity index (χ3v) is 5.81. The number of piperazine rings is 1. The second-order valence-corrected chi connectivity index (χ2v) is 7.77. The molecule has 0 bridgehead atoms. The Hall–Kier alpha value is -3.55. The van der Waals surface area contributed by atoms with Crippen molar-refractivity contribution in [1.82, 2.24) is 24.1 Å². The van der Waals surface area contributed by atoms with Crippen molar-refractivity contribution in [3.8, 4) is 11.6 Å². The normalized spacial score (nSPS) is 14.1. The Bertz CT molecular complexity index is 1090. The number of ether oxygens (including phenoxy) is 1. The molecule has 0 saturated carbocycles. The van der Waals surface area contributed by atoms with Gasteiger partial charge in [0.1, 0.15) is 17.1 Å². The summed E-state index contributed by atoms with van der Waals surface area (Å²) in [6.07, 6.45) is 1.63. The van der Waals surface area contributed by atoms with Gasteiger partial charge in [-0.25, -0.2) is 0 Å². The molecule has 0 radical (unpaired) electrons. The molecule has 4 rings (SSSR count). The van der Waals surface area contributed by atoms with Crippen molar-refractivity contribution in [3.05, 3.63) is 65.1 Å². The van der Waals surface area contributed by atoms with Gasteiger partial charge in [-0.2, -0.15) is 5.10 Å². The van der Waals surface area contributed by atoms with Crippen LogP contribution in [0.15, 0.2) is 42.6 Å². The Balaban J connectivity index is 1.47. The van der Waals surface area contributed by atoms with Crippen molar-refractivity contribution < 1.29 is 14.3 Å². The molecule has 162 valence electrons. The van der Waals surface area contributed by atoms with Crippen molar-refractivity contribution in [3.63, 3.8) is 0 Å². The number of rotatable bonds is 4. The van der Waals surface area contributed by atoms with Crippen LogP contribution in [0.4, 0.5) is 0 Å². The predicted molar refractivity (Wildman–Crippen MR) is 117 cm³/mol. The number of amides is 2. The fourth-order valence-corrected chi connectivity index (χ4v) is 4.05. The van der Waals surface area contributed by atoms with Gasteiger partial charge in [0.25, 0.3) is 11.8 Å². The first kappa shape index (κ1) is 20.7. The van der Waals surface area contributed by atoms with Gasteiger partial charge in [0.2, 0.25) is 0 Å². The standard InChI is InChI=1S/C23H27N5O3/c1-16-5-6-17(2)28(16)21-20(15-24-25(21)3)23(30)27-13-11-26(12-14-27)22(29)18-7-9-19(31-4)10-8-18/h5-10,15H,11-14H2,1-4H3. The van der Waals surface area contributed by atoms with Gasteiger partial charge >= 0.3 is 0 Å². The quantitative estimate of drug-likeness (QED) is 0.649. The summed E-state index contributed by atoms with van der Waals surface area (Å²) in [7, 11) is 3.44. The topological polar surface area (TPSA) is 72.6 Å². The molecule has 1 aromatic carbocycles. The van der Waals surface area contributed by atoms with Crippen LogP contribution < -0.4 is 4.74 Å². The lowest BCUT2D eigenvalue weighted by atomic mass is 10.1. The van der Waals surface area contributed by atoms with E-state index in [9.17, 15) is 9.59 Å². The maximum absolute atomic E-state index is 13.3. The zero-order chi connectivity index (χ0) is 22.1. The first-order valence-corrected chi connectivity index (χ1v) is 10.3. The van der Waals surface area contributed by atoms with E-state index in [2.05, 4.69) is 5.10 Å². The monoisotopic (exact) mass is 421 g/mol. The largest absolute Gasteiger partial charge is 0.497 e. The Morgan fingerprint density at radius 1 is 0.871 bits per heavy atom. The fraction of sp³-hybridized carbons (Fsp3) is 0.348. The Labute approximate surface area is 181 Å². The van der Waals surface area contributed by atoms with Crippen LogP contribution in [0.5, 0.6) is 5.75 Å². The van der Waals surface area contributed by atoms with Gasteiger partial charge in [-0.1, -0.05) is 0 Å². The number of hydrogen-bond acceptors (Lipinski definition) is 4. The zero-order valence-corrected chi connectivity index (χ0v) is 18.3. The van der Waals surface area contributed by atoms with Gasteiger partial charge in [-0.05, 0) is 50.2 Å². The van der Waals surface area contributed by atoms with E-state index >= 15 is 0 Å². The molecule has 0 N–H and O–H groups in total. The van der Waals surface area contributed by atoms with Crippen molar-refractivity contribution >= 4 is 11.8 Å². The highest BCUT2D eigenvalue weighted by Gasteiger charge is 2.29. The zero-order valence-electron chi connectivity index (χ0n) is 18.3. The number of nitrogens with zero attached hydrogens (tertiary/aromatic N) is 5. The number of aryl methyl sites for hydroxylation is 3. The van der Waals surface area contributed by atoms with Crippen LogP contribution in [-0.2, 0) is 7.05 Å². The third kappa shape index (κ3) is 3.81. The Kier molecular flexibility index (Phi) is 5.54.